The zero-order valence-corrected chi connectivity index (χ0v) is 14.6. The van der Waals surface area contributed by atoms with Crippen molar-refractivity contribution in [1.29, 1.82) is 0 Å². The normalized spacial score (nSPS) is 17.1. The van der Waals surface area contributed by atoms with Gasteiger partial charge in [-0.1, -0.05) is 6.07 Å². The molecule has 0 unspecified atom stereocenters. The molecule has 1 amide bonds. The van der Waals surface area contributed by atoms with Gasteiger partial charge in [-0.25, -0.2) is 4.79 Å². The van der Waals surface area contributed by atoms with Gasteiger partial charge in [-0.05, 0) is 50.5 Å². The largest absolute Gasteiger partial charge is 0.415 e. The monoisotopic (exact) mass is 330 g/mol. The first-order valence-electron chi connectivity index (χ1n) is 8.85. The summed E-state index contributed by atoms with van der Waals surface area (Å²) in [6.45, 7) is 8.56. The SMILES string of the molecule is CCN(CC)C(=O)OC1=CCCc2ccc(N3CCOCC3)cc21. The van der Waals surface area contributed by atoms with Gasteiger partial charge < -0.3 is 19.3 Å². The van der Waals surface area contributed by atoms with Gasteiger partial charge in [0.05, 0.1) is 13.2 Å². The number of fused-ring (bicyclic) bond motifs is 1. The van der Waals surface area contributed by atoms with Crippen molar-refractivity contribution in [3.05, 3.63) is 35.4 Å². The summed E-state index contributed by atoms with van der Waals surface area (Å²) >= 11 is 0. The highest BCUT2D eigenvalue weighted by atomic mass is 16.6. The molecular formula is C19H26N2O3. The van der Waals surface area contributed by atoms with Crippen LogP contribution in [0.5, 0.6) is 0 Å². The fourth-order valence-electron chi connectivity index (χ4n) is 3.24. The van der Waals surface area contributed by atoms with Crippen molar-refractivity contribution in [2.75, 3.05) is 44.3 Å². The van der Waals surface area contributed by atoms with Crippen LogP contribution in [0.3, 0.4) is 0 Å². The molecule has 3 rings (SSSR count). The second-order valence-corrected chi connectivity index (χ2v) is 6.09. The maximum Gasteiger partial charge on any atom is 0.415 e. The van der Waals surface area contributed by atoms with E-state index in [1.54, 1.807) is 4.90 Å². The number of anilines is 1. The predicted molar refractivity (Wildman–Crippen MR) is 95.2 cm³/mol. The lowest BCUT2D eigenvalue weighted by Gasteiger charge is -2.30. The van der Waals surface area contributed by atoms with Crippen LogP contribution in [0.4, 0.5) is 10.5 Å². The number of allylic oxidation sites excluding steroid dienone is 1. The van der Waals surface area contributed by atoms with Crippen molar-refractivity contribution in [1.82, 2.24) is 4.90 Å². The highest BCUT2D eigenvalue weighted by molar-refractivity contribution is 5.79. The number of hydrogen-bond donors (Lipinski definition) is 0. The maximum absolute atomic E-state index is 12.3. The summed E-state index contributed by atoms with van der Waals surface area (Å²) in [6.07, 6.45) is 3.67. The number of rotatable bonds is 4. The van der Waals surface area contributed by atoms with Crippen molar-refractivity contribution in [2.45, 2.75) is 26.7 Å². The van der Waals surface area contributed by atoms with E-state index in [1.807, 2.05) is 19.9 Å². The van der Waals surface area contributed by atoms with Crippen LogP contribution in [0.1, 0.15) is 31.4 Å². The minimum absolute atomic E-state index is 0.268. The molecule has 0 spiro atoms. The van der Waals surface area contributed by atoms with Gasteiger partial charge in [-0.15, -0.1) is 0 Å². The minimum Gasteiger partial charge on any atom is -0.410 e. The van der Waals surface area contributed by atoms with Crippen LogP contribution in [0.25, 0.3) is 5.76 Å². The van der Waals surface area contributed by atoms with E-state index in [4.69, 9.17) is 9.47 Å². The molecule has 24 heavy (non-hydrogen) atoms. The molecule has 5 nitrogen and oxygen atoms in total. The van der Waals surface area contributed by atoms with Gasteiger partial charge in [0, 0.05) is 37.4 Å². The van der Waals surface area contributed by atoms with Crippen LogP contribution in [0.15, 0.2) is 24.3 Å². The van der Waals surface area contributed by atoms with Crippen LogP contribution in [0, 0.1) is 0 Å². The van der Waals surface area contributed by atoms with Gasteiger partial charge in [0.15, 0.2) is 0 Å². The van der Waals surface area contributed by atoms with Gasteiger partial charge in [-0.2, -0.15) is 0 Å². The average molecular weight is 330 g/mol. The lowest BCUT2D eigenvalue weighted by molar-refractivity contribution is 0.122. The van der Waals surface area contributed by atoms with E-state index < -0.39 is 0 Å². The number of hydrogen-bond acceptors (Lipinski definition) is 4. The van der Waals surface area contributed by atoms with Gasteiger partial charge in [-0.3, -0.25) is 0 Å². The standard InChI is InChI=1S/C19H26N2O3/c1-3-20(4-2)19(22)24-18-7-5-6-15-8-9-16(14-17(15)18)21-10-12-23-13-11-21/h7-9,14H,3-6,10-13H2,1-2H3. The Balaban J connectivity index is 1.81. The number of morpholine rings is 1. The number of ether oxygens (including phenoxy) is 2. The second-order valence-electron chi connectivity index (χ2n) is 6.09. The Kier molecular flexibility index (Phi) is 5.41. The van der Waals surface area contributed by atoms with Gasteiger partial charge >= 0.3 is 6.09 Å². The predicted octanol–water partition coefficient (Wildman–Crippen LogP) is 3.29. The molecule has 0 bridgehead atoms. The Morgan fingerprint density at radius 2 is 2.00 bits per heavy atom. The molecule has 1 fully saturated rings. The molecule has 0 radical (unpaired) electrons. The lowest BCUT2D eigenvalue weighted by Crippen LogP contribution is -2.36. The van der Waals surface area contributed by atoms with Gasteiger partial charge in [0.2, 0.25) is 0 Å². The molecule has 130 valence electrons. The first-order valence-corrected chi connectivity index (χ1v) is 8.85. The molecule has 0 aromatic heterocycles. The summed E-state index contributed by atoms with van der Waals surface area (Å²) in [4.78, 5) is 16.3. The topological polar surface area (TPSA) is 42.0 Å². The number of benzene rings is 1. The fraction of sp³-hybridized carbons (Fsp3) is 0.526. The Hall–Kier alpha value is -2.01. The summed E-state index contributed by atoms with van der Waals surface area (Å²) in [5.74, 6) is 0.697. The number of amides is 1. The van der Waals surface area contributed by atoms with Crippen LogP contribution in [-0.4, -0.2) is 50.4 Å². The van der Waals surface area contributed by atoms with Crippen molar-refractivity contribution in [2.24, 2.45) is 0 Å². The molecule has 1 aliphatic carbocycles. The molecule has 2 aliphatic rings. The molecular weight excluding hydrogens is 304 g/mol. The third kappa shape index (κ3) is 3.56. The van der Waals surface area contributed by atoms with Crippen molar-refractivity contribution in [3.8, 4) is 0 Å². The first kappa shape index (κ1) is 16.8. The van der Waals surface area contributed by atoms with Crippen molar-refractivity contribution >= 4 is 17.5 Å². The first-order chi connectivity index (χ1) is 11.7. The molecule has 0 N–H and O–H groups in total. The third-order valence-electron chi connectivity index (χ3n) is 4.70. The molecule has 1 aliphatic heterocycles. The number of aryl methyl sites for hydroxylation is 1. The van der Waals surface area contributed by atoms with Gasteiger partial charge in [0.1, 0.15) is 5.76 Å². The van der Waals surface area contributed by atoms with E-state index in [9.17, 15) is 4.79 Å². The number of carbonyl (C=O) groups is 1. The van der Waals surface area contributed by atoms with Crippen molar-refractivity contribution in [3.63, 3.8) is 0 Å². The third-order valence-corrected chi connectivity index (χ3v) is 4.70. The lowest BCUT2D eigenvalue weighted by atomic mass is 9.95. The summed E-state index contributed by atoms with van der Waals surface area (Å²) in [6, 6.07) is 6.48. The van der Waals surface area contributed by atoms with Crippen LogP contribution in [-0.2, 0) is 15.9 Å². The summed E-state index contributed by atoms with van der Waals surface area (Å²) < 4.78 is 11.1. The van der Waals surface area contributed by atoms with E-state index >= 15 is 0 Å². The zero-order chi connectivity index (χ0) is 16.9. The van der Waals surface area contributed by atoms with Crippen LogP contribution >= 0.6 is 0 Å². The summed E-state index contributed by atoms with van der Waals surface area (Å²) in [5, 5.41) is 0. The Morgan fingerprint density at radius 3 is 2.71 bits per heavy atom. The van der Waals surface area contributed by atoms with E-state index in [1.165, 1.54) is 11.3 Å². The summed E-state index contributed by atoms with van der Waals surface area (Å²) in [5.41, 5.74) is 3.46. The highest BCUT2D eigenvalue weighted by Crippen LogP contribution is 2.31. The number of nitrogens with zero attached hydrogens (tertiary/aromatic N) is 2. The zero-order valence-electron chi connectivity index (χ0n) is 14.6. The molecule has 1 aromatic rings. The second kappa shape index (κ2) is 7.71. The molecule has 5 heteroatoms. The summed E-state index contributed by atoms with van der Waals surface area (Å²) in [7, 11) is 0. The quantitative estimate of drug-likeness (QED) is 0.849. The van der Waals surface area contributed by atoms with Gasteiger partial charge in [0.25, 0.3) is 0 Å². The fourth-order valence-corrected chi connectivity index (χ4v) is 3.24. The van der Waals surface area contributed by atoms with E-state index in [-0.39, 0.29) is 6.09 Å². The highest BCUT2D eigenvalue weighted by Gasteiger charge is 2.21. The minimum atomic E-state index is -0.268. The van der Waals surface area contributed by atoms with E-state index in [2.05, 4.69) is 23.1 Å². The molecule has 0 saturated carbocycles. The number of carbonyl (C=O) groups excluding carboxylic acids is 1. The smallest absolute Gasteiger partial charge is 0.410 e. The average Bonchev–Trinajstić information content (AvgIpc) is 2.63. The van der Waals surface area contributed by atoms with E-state index in [0.717, 1.165) is 44.7 Å². The molecule has 1 saturated heterocycles. The van der Waals surface area contributed by atoms with Crippen LogP contribution < -0.4 is 4.90 Å². The van der Waals surface area contributed by atoms with E-state index in [0.29, 0.717) is 18.8 Å². The Labute approximate surface area is 143 Å². The maximum atomic E-state index is 12.3. The molecule has 1 aromatic carbocycles. The Bertz CT molecular complexity index is 617. The van der Waals surface area contributed by atoms with Crippen LogP contribution in [0.2, 0.25) is 0 Å². The molecule has 0 atom stereocenters. The van der Waals surface area contributed by atoms with Crippen molar-refractivity contribution < 1.29 is 14.3 Å². The molecule has 1 heterocycles. The Morgan fingerprint density at radius 1 is 1.25 bits per heavy atom.